The van der Waals surface area contributed by atoms with Gasteiger partial charge in [-0.05, 0) is 31.2 Å². The molecule has 0 saturated carbocycles. The molecule has 0 atom stereocenters. The van der Waals surface area contributed by atoms with Crippen molar-refractivity contribution in [3.05, 3.63) is 56.7 Å². The van der Waals surface area contributed by atoms with Gasteiger partial charge in [-0.25, -0.2) is 9.78 Å². The lowest BCUT2D eigenvalue weighted by Gasteiger charge is -2.08. The third-order valence-electron chi connectivity index (χ3n) is 2.67. The summed E-state index contributed by atoms with van der Waals surface area (Å²) in [6.45, 7) is 1.69. The topological polar surface area (TPSA) is 105 Å². The van der Waals surface area contributed by atoms with Crippen molar-refractivity contribution >= 4 is 34.8 Å². The second-order valence-electron chi connectivity index (χ2n) is 4.20. The average molecular weight is 308 g/mol. The lowest BCUT2D eigenvalue weighted by atomic mass is 10.2. The third-order valence-corrected chi connectivity index (χ3v) is 3.00. The summed E-state index contributed by atoms with van der Waals surface area (Å²) in [5.41, 5.74) is 0.637. The summed E-state index contributed by atoms with van der Waals surface area (Å²) in [6, 6.07) is 7.06. The molecule has 0 amide bonds. The van der Waals surface area contributed by atoms with Gasteiger partial charge in [0, 0.05) is 17.4 Å². The predicted octanol–water partition coefficient (Wildman–Crippen LogP) is 3.39. The van der Waals surface area contributed by atoms with Gasteiger partial charge in [0.15, 0.2) is 0 Å². The minimum absolute atomic E-state index is 0.0404. The van der Waals surface area contributed by atoms with Gasteiger partial charge in [-0.1, -0.05) is 11.6 Å². The Morgan fingerprint density at radius 3 is 2.71 bits per heavy atom. The van der Waals surface area contributed by atoms with Crippen LogP contribution in [-0.2, 0) is 0 Å². The number of pyridine rings is 1. The lowest BCUT2D eigenvalue weighted by Crippen LogP contribution is -2.03. The number of anilines is 2. The standard InChI is InChI=1S/C13H10ClN3O4/c1-7-2-5-11(17(20)21)12(15-7)16-8-3-4-10(14)9(6-8)13(18)19/h2-6H,1H3,(H,15,16)(H,18,19). The van der Waals surface area contributed by atoms with Crippen molar-refractivity contribution in [2.24, 2.45) is 0 Å². The van der Waals surface area contributed by atoms with Gasteiger partial charge in [0.25, 0.3) is 0 Å². The van der Waals surface area contributed by atoms with E-state index in [1.165, 1.54) is 30.3 Å². The summed E-state index contributed by atoms with van der Waals surface area (Å²) < 4.78 is 0. The molecule has 0 fully saturated rings. The minimum Gasteiger partial charge on any atom is -0.478 e. The normalized spacial score (nSPS) is 10.2. The van der Waals surface area contributed by atoms with Crippen LogP contribution in [0.3, 0.4) is 0 Å². The second-order valence-corrected chi connectivity index (χ2v) is 4.61. The number of rotatable bonds is 4. The summed E-state index contributed by atoms with van der Waals surface area (Å²) in [4.78, 5) is 25.5. The summed E-state index contributed by atoms with van der Waals surface area (Å²) in [5.74, 6) is -1.14. The van der Waals surface area contributed by atoms with E-state index in [0.717, 1.165) is 0 Å². The molecule has 1 aromatic carbocycles. The molecule has 8 heteroatoms. The molecule has 0 bridgehead atoms. The third kappa shape index (κ3) is 3.26. The zero-order chi connectivity index (χ0) is 15.6. The highest BCUT2D eigenvalue weighted by molar-refractivity contribution is 6.33. The van der Waals surface area contributed by atoms with Crippen LogP contribution in [0.15, 0.2) is 30.3 Å². The number of nitrogens with zero attached hydrogens (tertiary/aromatic N) is 2. The fourth-order valence-corrected chi connectivity index (χ4v) is 1.89. The predicted molar refractivity (Wildman–Crippen MR) is 77.3 cm³/mol. The van der Waals surface area contributed by atoms with E-state index >= 15 is 0 Å². The van der Waals surface area contributed by atoms with Gasteiger partial charge < -0.3 is 10.4 Å². The average Bonchev–Trinajstić information content (AvgIpc) is 2.40. The van der Waals surface area contributed by atoms with Crippen molar-refractivity contribution in [2.75, 3.05) is 5.32 Å². The summed E-state index contributed by atoms with van der Waals surface area (Å²) in [5, 5.41) is 22.8. The zero-order valence-corrected chi connectivity index (χ0v) is 11.6. The molecule has 0 aliphatic heterocycles. The number of benzene rings is 1. The van der Waals surface area contributed by atoms with Gasteiger partial charge in [-0.2, -0.15) is 0 Å². The van der Waals surface area contributed by atoms with E-state index in [4.69, 9.17) is 16.7 Å². The molecular formula is C13H10ClN3O4. The van der Waals surface area contributed by atoms with E-state index in [1.54, 1.807) is 6.92 Å². The van der Waals surface area contributed by atoms with E-state index in [2.05, 4.69) is 10.3 Å². The van der Waals surface area contributed by atoms with E-state index in [-0.39, 0.29) is 22.1 Å². The fourth-order valence-electron chi connectivity index (χ4n) is 1.69. The number of carbonyl (C=O) groups is 1. The Bertz CT molecular complexity index is 733. The monoisotopic (exact) mass is 307 g/mol. The van der Waals surface area contributed by atoms with Crippen molar-refractivity contribution in [1.29, 1.82) is 0 Å². The summed E-state index contributed by atoms with van der Waals surface area (Å²) in [6.07, 6.45) is 0. The maximum Gasteiger partial charge on any atom is 0.337 e. The number of halogens is 1. The number of aromatic carboxylic acids is 1. The number of aromatic nitrogens is 1. The van der Waals surface area contributed by atoms with Crippen LogP contribution in [0.2, 0.25) is 5.02 Å². The van der Waals surface area contributed by atoms with E-state index < -0.39 is 10.9 Å². The quantitative estimate of drug-likeness (QED) is 0.662. The molecule has 0 aliphatic rings. The first-order chi connectivity index (χ1) is 9.88. The molecule has 1 aromatic heterocycles. The lowest BCUT2D eigenvalue weighted by molar-refractivity contribution is -0.384. The number of carboxylic acids is 1. The van der Waals surface area contributed by atoms with Crippen molar-refractivity contribution in [2.45, 2.75) is 6.92 Å². The van der Waals surface area contributed by atoms with Crippen LogP contribution in [0.4, 0.5) is 17.2 Å². The molecule has 0 saturated heterocycles. The number of aryl methyl sites for hydroxylation is 1. The molecular weight excluding hydrogens is 298 g/mol. The second kappa shape index (κ2) is 5.76. The first-order valence-electron chi connectivity index (χ1n) is 5.80. The highest BCUT2D eigenvalue weighted by Gasteiger charge is 2.16. The van der Waals surface area contributed by atoms with Crippen molar-refractivity contribution < 1.29 is 14.8 Å². The first kappa shape index (κ1) is 14.7. The molecule has 2 N–H and O–H groups in total. The maximum absolute atomic E-state index is 11.0. The summed E-state index contributed by atoms with van der Waals surface area (Å²) >= 11 is 5.77. The Morgan fingerprint density at radius 1 is 1.38 bits per heavy atom. The van der Waals surface area contributed by atoms with Crippen LogP contribution in [0, 0.1) is 17.0 Å². The van der Waals surface area contributed by atoms with Gasteiger partial charge in [0.05, 0.1) is 15.5 Å². The highest BCUT2D eigenvalue weighted by atomic mass is 35.5. The number of hydrogen-bond acceptors (Lipinski definition) is 5. The molecule has 0 spiro atoms. The molecule has 0 unspecified atom stereocenters. The molecule has 2 rings (SSSR count). The van der Waals surface area contributed by atoms with E-state index in [0.29, 0.717) is 11.4 Å². The largest absolute Gasteiger partial charge is 0.478 e. The Balaban J connectivity index is 2.43. The molecule has 7 nitrogen and oxygen atoms in total. The summed E-state index contributed by atoms with van der Waals surface area (Å²) in [7, 11) is 0. The van der Waals surface area contributed by atoms with Gasteiger partial charge in [-0.15, -0.1) is 0 Å². The molecule has 21 heavy (non-hydrogen) atoms. The molecule has 108 valence electrons. The smallest absolute Gasteiger partial charge is 0.337 e. The number of nitrogens with one attached hydrogen (secondary N) is 1. The number of hydrogen-bond donors (Lipinski definition) is 2. The highest BCUT2D eigenvalue weighted by Crippen LogP contribution is 2.28. The Kier molecular flexibility index (Phi) is 4.04. The van der Waals surface area contributed by atoms with E-state index in [9.17, 15) is 14.9 Å². The van der Waals surface area contributed by atoms with Crippen LogP contribution in [-0.4, -0.2) is 21.0 Å². The number of carboxylic acid groups (broad SMARTS) is 1. The van der Waals surface area contributed by atoms with Crippen molar-refractivity contribution in [1.82, 2.24) is 4.98 Å². The van der Waals surface area contributed by atoms with Gasteiger partial charge in [0.1, 0.15) is 0 Å². The number of nitro groups is 1. The zero-order valence-electron chi connectivity index (χ0n) is 10.8. The fraction of sp³-hybridized carbons (Fsp3) is 0.0769. The van der Waals surface area contributed by atoms with Gasteiger partial charge in [0.2, 0.25) is 5.82 Å². The van der Waals surface area contributed by atoms with Crippen LogP contribution in [0.25, 0.3) is 0 Å². The first-order valence-corrected chi connectivity index (χ1v) is 6.18. The maximum atomic E-state index is 11.0. The van der Waals surface area contributed by atoms with Crippen LogP contribution >= 0.6 is 11.6 Å². The molecule has 0 aliphatic carbocycles. The molecule has 2 aromatic rings. The van der Waals surface area contributed by atoms with Crippen LogP contribution in [0.5, 0.6) is 0 Å². The van der Waals surface area contributed by atoms with Crippen LogP contribution in [0.1, 0.15) is 16.1 Å². The van der Waals surface area contributed by atoms with Gasteiger partial charge in [-0.3, -0.25) is 10.1 Å². The molecule has 0 radical (unpaired) electrons. The SMILES string of the molecule is Cc1ccc([N+](=O)[O-])c(Nc2ccc(Cl)c(C(=O)O)c2)n1. The van der Waals surface area contributed by atoms with Gasteiger partial charge >= 0.3 is 11.7 Å². The Hall–Kier alpha value is -2.67. The van der Waals surface area contributed by atoms with Crippen molar-refractivity contribution in [3.8, 4) is 0 Å². The molecule has 1 heterocycles. The Labute approximate surface area is 124 Å². The van der Waals surface area contributed by atoms with Crippen molar-refractivity contribution in [3.63, 3.8) is 0 Å². The van der Waals surface area contributed by atoms with Crippen LogP contribution < -0.4 is 5.32 Å². The Morgan fingerprint density at radius 2 is 2.10 bits per heavy atom. The minimum atomic E-state index is -1.18. The van der Waals surface area contributed by atoms with E-state index in [1.807, 2.05) is 0 Å².